The number of rotatable bonds is 8. The predicted octanol–water partition coefficient (Wildman–Crippen LogP) is 4.54. The highest BCUT2D eigenvalue weighted by molar-refractivity contribution is 7.10. The van der Waals surface area contributed by atoms with Gasteiger partial charge >= 0.3 is 0 Å². The Morgan fingerprint density at radius 3 is 2.67 bits per heavy atom. The number of nitrogens with zero attached hydrogens (tertiary/aromatic N) is 2. The zero-order valence-electron chi connectivity index (χ0n) is 16.5. The highest BCUT2D eigenvalue weighted by Gasteiger charge is 2.34. The number of hydrogen-bond donors (Lipinski definition) is 0. The Labute approximate surface area is 195 Å². The van der Waals surface area contributed by atoms with Crippen molar-refractivity contribution in [2.75, 3.05) is 33.4 Å². The lowest BCUT2D eigenvalue weighted by Crippen LogP contribution is -2.48. The molecule has 0 radical (unpaired) electrons. The van der Waals surface area contributed by atoms with Gasteiger partial charge in [-0.25, -0.2) is 0 Å². The largest absolute Gasteiger partial charge is 0.385 e. The number of fused-ring (bicyclic) bond motifs is 1. The zero-order chi connectivity index (χ0) is 21.7. The normalized spacial score (nSPS) is 15.9. The fourth-order valence-corrected chi connectivity index (χ4v) is 4.95. The summed E-state index contributed by atoms with van der Waals surface area (Å²) in [5, 5.41) is 2.69. The van der Waals surface area contributed by atoms with Crippen molar-refractivity contribution in [1.29, 1.82) is 0 Å². The van der Waals surface area contributed by atoms with E-state index >= 15 is 0 Å². The van der Waals surface area contributed by atoms with Crippen LogP contribution in [-0.4, -0.2) is 59.8 Å². The molecule has 0 saturated carbocycles. The molecule has 5 nitrogen and oxygen atoms in total. The van der Waals surface area contributed by atoms with Gasteiger partial charge in [0.2, 0.25) is 5.91 Å². The Hall–Kier alpha value is -1.31. The van der Waals surface area contributed by atoms with Crippen LogP contribution in [0.5, 0.6) is 0 Å². The number of carbonyl (C=O) groups excluding carboxylic acids is 2. The topological polar surface area (TPSA) is 49.9 Å². The van der Waals surface area contributed by atoms with Crippen molar-refractivity contribution < 1.29 is 14.3 Å². The second-order valence-corrected chi connectivity index (χ2v) is 9.53. The lowest BCUT2D eigenvalue weighted by molar-refractivity contribution is -0.141. The molecule has 1 aliphatic heterocycles. The van der Waals surface area contributed by atoms with E-state index in [1.54, 1.807) is 18.4 Å². The molecule has 1 aromatic carbocycles. The van der Waals surface area contributed by atoms with Crippen LogP contribution in [0.2, 0.25) is 5.02 Å². The molecular formula is C21H23Cl3N2O3S. The molecule has 3 rings (SSSR count). The third-order valence-corrected chi connectivity index (χ3v) is 6.69. The molecule has 1 aliphatic rings. The summed E-state index contributed by atoms with van der Waals surface area (Å²) in [6.07, 6.45) is 1.37. The van der Waals surface area contributed by atoms with E-state index in [1.807, 2.05) is 34.5 Å². The number of alkyl halides is 2. The predicted molar refractivity (Wildman–Crippen MR) is 122 cm³/mol. The molecular weight excluding hydrogens is 467 g/mol. The van der Waals surface area contributed by atoms with Crippen LogP contribution < -0.4 is 0 Å². The molecule has 0 N–H and O–H groups in total. The van der Waals surface area contributed by atoms with Crippen LogP contribution in [0.3, 0.4) is 0 Å². The van der Waals surface area contributed by atoms with E-state index in [0.717, 1.165) is 17.5 Å². The molecule has 0 fully saturated rings. The first-order valence-electron chi connectivity index (χ1n) is 9.59. The van der Waals surface area contributed by atoms with Gasteiger partial charge in [0.05, 0.1) is 12.6 Å². The summed E-state index contributed by atoms with van der Waals surface area (Å²) in [7, 11) is 1.59. The number of carbonyl (C=O) groups is 2. The van der Waals surface area contributed by atoms with Gasteiger partial charge in [-0.3, -0.25) is 9.59 Å². The Bertz CT molecular complexity index is 873. The standard InChI is InChI=1S/C21H23Cl3N2O3S/c1-29-11-2-9-25(21(28)20(23)24)13-18(27)26-10-7-17-16(8-12-30-17)19(26)14-3-5-15(22)6-4-14/h3-6,8,12,19-20H,2,7,9-11,13H2,1H3. The van der Waals surface area contributed by atoms with Gasteiger partial charge in [-0.1, -0.05) is 46.9 Å². The lowest BCUT2D eigenvalue weighted by atomic mass is 9.93. The first-order chi connectivity index (χ1) is 14.4. The fraction of sp³-hybridized carbons (Fsp3) is 0.429. The summed E-state index contributed by atoms with van der Waals surface area (Å²) >= 11 is 19.4. The molecule has 1 unspecified atom stereocenters. The maximum Gasteiger partial charge on any atom is 0.256 e. The minimum atomic E-state index is -1.21. The van der Waals surface area contributed by atoms with Crippen molar-refractivity contribution in [3.63, 3.8) is 0 Å². The molecule has 162 valence electrons. The lowest BCUT2D eigenvalue weighted by Gasteiger charge is -2.37. The van der Waals surface area contributed by atoms with E-state index in [4.69, 9.17) is 39.5 Å². The molecule has 0 saturated heterocycles. The summed E-state index contributed by atoms with van der Waals surface area (Å²) < 4.78 is 5.06. The fourth-order valence-electron chi connectivity index (χ4n) is 3.65. The highest BCUT2D eigenvalue weighted by Crippen LogP contribution is 2.38. The molecule has 2 amide bonds. The summed E-state index contributed by atoms with van der Waals surface area (Å²) in [5.74, 6) is -0.620. The van der Waals surface area contributed by atoms with Gasteiger partial charge in [0.1, 0.15) is 0 Å². The van der Waals surface area contributed by atoms with Crippen molar-refractivity contribution in [2.24, 2.45) is 0 Å². The SMILES string of the molecule is COCCCN(CC(=O)N1CCc2sccc2C1c1ccc(Cl)cc1)C(=O)C(Cl)Cl. The van der Waals surface area contributed by atoms with Crippen LogP contribution >= 0.6 is 46.1 Å². The Morgan fingerprint density at radius 2 is 2.00 bits per heavy atom. The van der Waals surface area contributed by atoms with E-state index in [0.29, 0.717) is 31.1 Å². The van der Waals surface area contributed by atoms with Gasteiger partial charge in [-0.15, -0.1) is 11.3 Å². The number of thiophene rings is 1. The summed E-state index contributed by atoms with van der Waals surface area (Å²) in [5.41, 5.74) is 2.10. The van der Waals surface area contributed by atoms with Crippen molar-refractivity contribution >= 4 is 58.0 Å². The van der Waals surface area contributed by atoms with Crippen molar-refractivity contribution in [3.8, 4) is 0 Å². The van der Waals surface area contributed by atoms with E-state index in [1.165, 1.54) is 9.78 Å². The van der Waals surface area contributed by atoms with Crippen LogP contribution in [-0.2, 0) is 20.7 Å². The van der Waals surface area contributed by atoms with Crippen molar-refractivity contribution in [2.45, 2.75) is 23.7 Å². The molecule has 30 heavy (non-hydrogen) atoms. The quantitative estimate of drug-likeness (QED) is 0.404. The van der Waals surface area contributed by atoms with Crippen LogP contribution in [0.25, 0.3) is 0 Å². The summed E-state index contributed by atoms with van der Waals surface area (Å²) in [6, 6.07) is 9.37. The van der Waals surface area contributed by atoms with E-state index in [2.05, 4.69) is 6.07 Å². The Kier molecular flexibility index (Phi) is 8.43. The third-order valence-electron chi connectivity index (χ3n) is 5.07. The van der Waals surface area contributed by atoms with Crippen molar-refractivity contribution in [3.05, 3.63) is 56.7 Å². The molecule has 0 aliphatic carbocycles. The number of halogens is 3. The van der Waals surface area contributed by atoms with Crippen LogP contribution in [0.1, 0.15) is 28.5 Å². The third kappa shape index (κ3) is 5.48. The second-order valence-electron chi connectivity index (χ2n) is 7.00. The maximum absolute atomic E-state index is 13.3. The van der Waals surface area contributed by atoms with Gasteiger partial charge < -0.3 is 14.5 Å². The Balaban J connectivity index is 1.84. The monoisotopic (exact) mass is 488 g/mol. The van der Waals surface area contributed by atoms with Crippen LogP contribution in [0.15, 0.2) is 35.7 Å². The molecule has 1 aromatic heterocycles. The minimum Gasteiger partial charge on any atom is -0.385 e. The zero-order valence-corrected chi connectivity index (χ0v) is 19.6. The number of methoxy groups -OCH3 is 1. The molecule has 0 bridgehead atoms. The number of amides is 2. The van der Waals surface area contributed by atoms with E-state index in [9.17, 15) is 9.59 Å². The van der Waals surface area contributed by atoms with Gasteiger partial charge in [-0.2, -0.15) is 0 Å². The van der Waals surface area contributed by atoms with Crippen LogP contribution in [0.4, 0.5) is 0 Å². The molecule has 0 spiro atoms. The summed E-state index contributed by atoms with van der Waals surface area (Å²) in [6.45, 7) is 1.31. The smallest absolute Gasteiger partial charge is 0.256 e. The highest BCUT2D eigenvalue weighted by atomic mass is 35.5. The second kappa shape index (κ2) is 10.8. The first-order valence-corrected chi connectivity index (χ1v) is 11.7. The van der Waals surface area contributed by atoms with Gasteiger partial charge in [0.25, 0.3) is 5.91 Å². The maximum atomic E-state index is 13.3. The van der Waals surface area contributed by atoms with Gasteiger partial charge in [-0.05, 0) is 47.5 Å². The van der Waals surface area contributed by atoms with Gasteiger partial charge in [0.15, 0.2) is 4.84 Å². The van der Waals surface area contributed by atoms with E-state index < -0.39 is 10.7 Å². The molecule has 9 heteroatoms. The van der Waals surface area contributed by atoms with E-state index in [-0.39, 0.29) is 18.5 Å². The Morgan fingerprint density at radius 1 is 1.27 bits per heavy atom. The molecule has 1 atom stereocenters. The minimum absolute atomic E-state index is 0.0813. The molecule has 2 heterocycles. The number of ether oxygens (including phenoxy) is 1. The first kappa shape index (κ1) is 23.4. The van der Waals surface area contributed by atoms with Crippen LogP contribution in [0, 0.1) is 0 Å². The number of benzene rings is 1. The number of hydrogen-bond acceptors (Lipinski definition) is 4. The summed E-state index contributed by atoms with van der Waals surface area (Å²) in [4.78, 5) is 29.1. The molecule has 2 aromatic rings. The average molecular weight is 490 g/mol. The van der Waals surface area contributed by atoms with Gasteiger partial charge in [0, 0.05) is 36.7 Å². The average Bonchev–Trinajstić information content (AvgIpc) is 3.21. The van der Waals surface area contributed by atoms with Crippen molar-refractivity contribution in [1.82, 2.24) is 9.80 Å².